The van der Waals surface area contributed by atoms with Crippen molar-refractivity contribution < 1.29 is 4.79 Å². The first-order chi connectivity index (χ1) is 9.51. The molecule has 0 spiro atoms. The maximum absolute atomic E-state index is 12.4. The van der Waals surface area contributed by atoms with Gasteiger partial charge in [0.25, 0.3) is 0 Å². The lowest BCUT2D eigenvalue weighted by atomic mass is 9.73. The molecule has 0 aromatic heterocycles. The zero-order chi connectivity index (χ0) is 14.3. The summed E-state index contributed by atoms with van der Waals surface area (Å²) in [5, 5.41) is 0. The van der Waals surface area contributed by atoms with Gasteiger partial charge in [-0.1, -0.05) is 12.1 Å². The molecular formula is C16H23N3O. The van der Waals surface area contributed by atoms with Crippen LogP contribution in [0.15, 0.2) is 24.3 Å². The molecule has 1 aromatic rings. The van der Waals surface area contributed by atoms with Crippen LogP contribution < -0.4 is 10.6 Å². The number of hydrogen-bond acceptors (Lipinski definition) is 2. The Hall–Kier alpha value is -1.55. The molecule has 3 rings (SSSR count). The van der Waals surface area contributed by atoms with Crippen molar-refractivity contribution in [1.82, 2.24) is 4.90 Å². The van der Waals surface area contributed by atoms with Crippen LogP contribution >= 0.6 is 0 Å². The maximum Gasteiger partial charge on any atom is 0.324 e. The number of anilines is 1. The van der Waals surface area contributed by atoms with E-state index in [1.165, 1.54) is 6.42 Å². The van der Waals surface area contributed by atoms with Crippen LogP contribution in [0, 0.1) is 0 Å². The van der Waals surface area contributed by atoms with Crippen LogP contribution in [0.5, 0.6) is 0 Å². The summed E-state index contributed by atoms with van der Waals surface area (Å²) in [4.78, 5) is 16.2. The van der Waals surface area contributed by atoms with Crippen molar-refractivity contribution in [3.05, 3.63) is 29.8 Å². The van der Waals surface area contributed by atoms with Gasteiger partial charge in [0.1, 0.15) is 0 Å². The first kappa shape index (κ1) is 13.4. The molecule has 2 fully saturated rings. The molecule has 0 bridgehead atoms. The highest BCUT2D eigenvalue weighted by molar-refractivity contribution is 5.94. The molecule has 0 atom stereocenters. The highest BCUT2D eigenvalue weighted by Crippen LogP contribution is 2.39. The van der Waals surface area contributed by atoms with Crippen LogP contribution in [0.25, 0.3) is 0 Å². The second-order valence-electron chi connectivity index (χ2n) is 6.28. The summed E-state index contributed by atoms with van der Waals surface area (Å²) in [5.41, 5.74) is 8.36. The van der Waals surface area contributed by atoms with Crippen molar-refractivity contribution in [2.45, 2.75) is 44.7 Å². The molecule has 1 aliphatic heterocycles. The Morgan fingerprint density at radius 1 is 1.25 bits per heavy atom. The molecule has 2 aliphatic rings. The van der Waals surface area contributed by atoms with Crippen molar-refractivity contribution in [2.24, 2.45) is 5.73 Å². The third-order valence-corrected chi connectivity index (χ3v) is 4.64. The van der Waals surface area contributed by atoms with Gasteiger partial charge in [0.05, 0.1) is 0 Å². The van der Waals surface area contributed by atoms with Gasteiger partial charge in [0, 0.05) is 30.4 Å². The minimum atomic E-state index is -0.170. The Morgan fingerprint density at radius 3 is 2.55 bits per heavy atom. The van der Waals surface area contributed by atoms with E-state index in [0.29, 0.717) is 0 Å². The molecule has 1 saturated heterocycles. The number of rotatable bonds is 3. The number of carbonyl (C=O) groups is 1. The van der Waals surface area contributed by atoms with E-state index in [1.54, 1.807) is 0 Å². The lowest BCUT2D eigenvalue weighted by Crippen LogP contribution is -2.43. The van der Waals surface area contributed by atoms with Gasteiger partial charge in [-0.2, -0.15) is 0 Å². The fraction of sp³-hybridized carbons (Fsp3) is 0.562. The van der Waals surface area contributed by atoms with E-state index >= 15 is 0 Å². The SMILES string of the molecule is CC(C)N1CCN(c2cccc(C3(N)CCC3)c2)C1=O. The molecule has 20 heavy (non-hydrogen) atoms. The standard InChI is InChI=1S/C16H23N3O/c1-12(2)18-9-10-19(15(18)20)14-6-3-5-13(11-14)16(17)7-4-8-16/h3,5-6,11-12H,4,7-10,17H2,1-2H3. The van der Waals surface area contributed by atoms with E-state index in [1.807, 2.05) is 21.9 Å². The third kappa shape index (κ3) is 2.08. The lowest BCUT2D eigenvalue weighted by Gasteiger charge is -2.39. The highest BCUT2D eigenvalue weighted by Gasteiger charge is 2.36. The summed E-state index contributed by atoms with van der Waals surface area (Å²) in [6.07, 6.45) is 3.29. The van der Waals surface area contributed by atoms with Gasteiger partial charge in [-0.25, -0.2) is 4.79 Å². The zero-order valence-electron chi connectivity index (χ0n) is 12.3. The second-order valence-corrected chi connectivity index (χ2v) is 6.28. The molecule has 108 valence electrons. The molecule has 2 N–H and O–H groups in total. The van der Waals surface area contributed by atoms with E-state index in [0.717, 1.165) is 37.2 Å². The average molecular weight is 273 g/mol. The molecule has 0 unspecified atom stereocenters. The topological polar surface area (TPSA) is 49.6 Å². The molecule has 0 radical (unpaired) electrons. The number of amides is 2. The average Bonchev–Trinajstić information content (AvgIpc) is 2.78. The number of urea groups is 1. The number of hydrogen-bond donors (Lipinski definition) is 1. The predicted octanol–water partition coefficient (Wildman–Crippen LogP) is 2.67. The number of nitrogens with two attached hydrogens (primary N) is 1. The molecule has 4 heteroatoms. The summed E-state index contributed by atoms with van der Waals surface area (Å²) in [7, 11) is 0. The Morgan fingerprint density at radius 2 is 2.00 bits per heavy atom. The van der Waals surface area contributed by atoms with Gasteiger partial charge in [-0.15, -0.1) is 0 Å². The summed E-state index contributed by atoms with van der Waals surface area (Å²) in [6, 6.07) is 8.57. The summed E-state index contributed by atoms with van der Waals surface area (Å²) in [6.45, 7) is 5.68. The van der Waals surface area contributed by atoms with E-state index in [2.05, 4.69) is 26.0 Å². The van der Waals surface area contributed by atoms with E-state index < -0.39 is 0 Å². The molecule has 2 amide bonds. The van der Waals surface area contributed by atoms with Crippen LogP contribution in [0.3, 0.4) is 0 Å². The zero-order valence-corrected chi connectivity index (χ0v) is 12.3. The van der Waals surface area contributed by atoms with Gasteiger partial charge in [-0.05, 0) is 50.8 Å². The molecule has 4 nitrogen and oxygen atoms in total. The molecule has 1 saturated carbocycles. The number of carbonyl (C=O) groups excluding carboxylic acids is 1. The summed E-state index contributed by atoms with van der Waals surface area (Å²) in [5.74, 6) is 0. The van der Waals surface area contributed by atoms with Crippen molar-refractivity contribution in [3.63, 3.8) is 0 Å². The van der Waals surface area contributed by atoms with Gasteiger partial charge in [-0.3, -0.25) is 4.90 Å². The van der Waals surface area contributed by atoms with E-state index in [9.17, 15) is 4.79 Å². The van der Waals surface area contributed by atoms with Crippen LogP contribution in [-0.2, 0) is 5.54 Å². The summed E-state index contributed by atoms with van der Waals surface area (Å²) < 4.78 is 0. The van der Waals surface area contributed by atoms with Gasteiger partial charge in [0.2, 0.25) is 0 Å². The van der Waals surface area contributed by atoms with Crippen LogP contribution in [0.4, 0.5) is 10.5 Å². The van der Waals surface area contributed by atoms with Crippen molar-refractivity contribution >= 4 is 11.7 Å². The Labute approximate surface area is 120 Å². The first-order valence-corrected chi connectivity index (χ1v) is 7.49. The fourth-order valence-corrected chi connectivity index (χ4v) is 3.10. The van der Waals surface area contributed by atoms with Gasteiger partial charge in [0.15, 0.2) is 0 Å². The van der Waals surface area contributed by atoms with Crippen LogP contribution in [-0.4, -0.2) is 30.1 Å². The fourth-order valence-electron chi connectivity index (χ4n) is 3.10. The predicted molar refractivity (Wildman–Crippen MR) is 80.7 cm³/mol. The third-order valence-electron chi connectivity index (χ3n) is 4.64. The maximum atomic E-state index is 12.4. The number of nitrogens with zero attached hydrogens (tertiary/aromatic N) is 2. The van der Waals surface area contributed by atoms with Crippen molar-refractivity contribution in [2.75, 3.05) is 18.0 Å². The summed E-state index contributed by atoms with van der Waals surface area (Å²) >= 11 is 0. The Bertz CT molecular complexity index is 522. The Balaban J connectivity index is 1.85. The highest BCUT2D eigenvalue weighted by atomic mass is 16.2. The minimum absolute atomic E-state index is 0.108. The normalized spacial score (nSPS) is 21.5. The lowest BCUT2D eigenvalue weighted by molar-refractivity contribution is 0.209. The minimum Gasteiger partial charge on any atom is -0.321 e. The monoisotopic (exact) mass is 273 g/mol. The van der Waals surface area contributed by atoms with Crippen LogP contribution in [0.1, 0.15) is 38.7 Å². The smallest absolute Gasteiger partial charge is 0.321 e. The molecular weight excluding hydrogens is 250 g/mol. The van der Waals surface area contributed by atoms with Crippen molar-refractivity contribution in [3.8, 4) is 0 Å². The van der Waals surface area contributed by atoms with E-state index in [-0.39, 0.29) is 17.6 Å². The van der Waals surface area contributed by atoms with Gasteiger partial charge >= 0.3 is 6.03 Å². The van der Waals surface area contributed by atoms with Crippen molar-refractivity contribution in [1.29, 1.82) is 0 Å². The molecule has 1 aromatic carbocycles. The largest absolute Gasteiger partial charge is 0.324 e. The second kappa shape index (κ2) is 4.77. The quantitative estimate of drug-likeness (QED) is 0.920. The van der Waals surface area contributed by atoms with E-state index in [4.69, 9.17) is 5.73 Å². The molecule has 1 aliphatic carbocycles. The van der Waals surface area contributed by atoms with Crippen LogP contribution in [0.2, 0.25) is 0 Å². The van der Waals surface area contributed by atoms with Gasteiger partial charge < -0.3 is 10.6 Å². The first-order valence-electron chi connectivity index (χ1n) is 7.49. The molecule has 1 heterocycles. The Kier molecular flexibility index (Phi) is 3.21. The number of benzene rings is 1.